The fourth-order valence-electron chi connectivity index (χ4n) is 7.41. The molecule has 5 amide bonds. The highest BCUT2D eigenvalue weighted by atomic mass is 32.2. The molecule has 3 aliphatic rings. The number of benzene rings is 2. The predicted octanol–water partition coefficient (Wildman–Crippen LogP) is 5.86. The average molecular weight is 783 g/mol. The van der Waals surface area contributed by atoms with Crippen molar-refractivity contribution < 1.29 is 24.0 Å². The molecule has 14 heteroatoms. The molecule has 2 aromatic carbocycles. The normalized spacial score (nSPS) is 17.8. The molecule has 1 atom stereocenters. The molecule has 1 aromatic heterocycles. The Balaban J connectivity index is 0.781. The van der Waals surface area contributed by atoms with Crippen molar-refractivity contribution in [2.24, 2.45) is 5.73 Å². The number of fused-ring (bicyclic) bond motifs is 1. The van der Waals surface area contributed by atoms with E-state index in [0.717, 1.165) is 110 Å². The molecule has 3 aromatic rings. The minimum Gasteiger partial charge on any atom is -0.355 e. The Morgan fingerprint density at radius 1 is 0.911 bits per heavy atom. The number of nitrogens with one attached hydrogen (secondary N) is 3. The van der Waals surface area contributed by atoms with Crippen molar-refractivity contribution in [3.05, 3.63) is 71.5 Å². The number of carbonyl (C=O) groups excluding carboxylic acids is 5. The summed E-state index contributed by atoms with van der Waals surface area (Å²) < 4.78 is 0. The molecule has 3 aliphatic heterocycles. The summed E-state index contributed by atoms with van der Waals surface area (Å²) in [5.74, 6) is -0.0392. The third-order valence-corrected chi connectivity index (χ3v) is 11.7. The van der Waals surface area contributed by atoms with Gasteiger partial charge in [-0.25, -0.2) is 9.97 Å². The highest BCUT2D eigenvalue weighted by molar-refractivity contribution is 7.99. The van der Waals surface area contributed by atoms with E-state index in [1.54, 1.807) is 12.3 Å². The maximum atomic E-state index is 12.9. The van der Waals surface area contributed by atoms with E-state index in [2.05, 4.69) is 37.7 Å². The van der Waals surface area contributed by atoms with Gasteiger partial charge in [0.1, 0.15) is 16.9 Å². The lowest BCUT2D eigenvalue weighted by Crippen LogP contribution is -2.52. The predicted molar refractivity (Wildman–Crippen MR) is 216 cm³/mol. The number of nitrogens with two attached hydrogens (primary N) is 1. The first-order valence-electron chi connectivity index (χ1n) is 20.0. The van der Waals surface area contributed by atoms with Crippen LogP contribution in [0, 0.1) is 0 Å². The summed E-state index contributed by atoms with van der Waals surface area (Å²) in [6.45, 7) is 4.56. The van der Waals surface area contributed by atoms with Crippen LogP contribution in [0.15, 0.2) is 64.8 Å². The first-order valence-corrected chi connectivity index (χ1v) is 20.8. The van der Waals surface area contributed by atoms with Crippen LogP contribution in [-0.4, -0.2) is 69.1 Å². The van der Waals surface area contributed by atoms with Gasteiger partial charge in [-0.1, -0.05) is 68.5 Å². The first kappa shape index (κ1) is 40.8. The summed E-state index contributed by atoms with van der Waals surface area (Å²) in [4.78, 5) is 75.8. The lowest BCUT2D eigenvalue weighted by atomic mass is 9.91. The van der Waals surface area contributed by atoms with Crippen LogP contribution >= 0.6 is 11.8 Å². The van der Waals surface area contributed by atoms with Crippen molar-refractivity contribution in [2.75, 3.05) is 23.3 Å². The summed E-state index contributed by atoms with van der Waals surface area (Å²) in [5.41, 5.74) is 9.22. The van der Waals surface area contributed by atoms with Crippen molar-refractivity contribution in [1.82, 2.24) is 25.5 Å². The monoisotopic (exact) mass is 782 g/mol. The number of aromatic nitrogens is 2. The van der Waals surface area contributed by atoms with Crippen LogP contribution < -0.4 is 26.6 Å². The number of carbonyl (C=O) groups is 5. The van der Waals surface area contributed by atoms with Gasteiger partial charge < -0.3 is 26.2 Å². The molecule has 0 spiro atoms. The maximum absolute atomic E-state index is 12.9. The largest absolute Gasteiger partial charge is 0.355 e. The van der Waals surface area contributed by atoms with Crippen LogP contribution in [0.5, 0.6) is 0 Å². The number of nitrogens with zero attached hydrogens (tertiary/aromatic N) is 4. The zero-order valence-electron chi connectivity index (χ0n) is 32.3. The lowest BCUT2D eigenvalue weighted by Gasteiger charge is -2.37. The number of piperidine rings is 2. The van der Waals surface area contributed by atoms with Crippen molar-refractivity contribution in [3.63, 3.8) is 0 Å². The number of anilines is 2. The summed E-state index contributed by atoms with van der Waals surface area (Å²) >= 11 is 1.52. The minimum atomic E-state index is -0.642. The van der Waals surface area contributed by atoms with Crippen molar-refractivity contribution in [1.29, 1.82) is 0 Å². The fraction of sp³-hybridized carbons (Fsp3) is 0.500. The summed E-state index contributed by atoms with van der Waals surface area (Å²) in [6, 6.07) is 12.7. The zero-order valence-corrected chi connectivity index (χ0v) is 33.1. The third-order valence-electron chi connectivity index (χ3n) is 10.8. The maximum Gasteiger partial charge on any atom is 0.255 e. The number of hydrogen-bond donors (Lipinski definition) is 4. The van der Waals surface area contributed by atoms with Crippen molar-refractivity contribution in [2.45, 2.75) is 131 Å². The van der Waals surface area contributed by atoms with Crippen LogP contribution in [0.4, 0.5) is 11.5 Å². The van der Waals surface area contributed by atoms with Gasteiger partial charge in [0.05, 0.1) is 12.4 Å². The second-order valence-corrected chi connectivity index (χ2v) is 16.6. The van der Waals surface area contributed by atoms with Gasteiger partial charge in [-0.2, -0.15) is 0 Å². The van der Waals surface area contributed by atoms with Gasteiger partial charge in [0, 0.05) is 67.1 Å². The van der Waals surface area contributed by atoms with E-state index < -0.39 is 11.9 Å². The number of imide groups is 1. The molecule has 6 rings (SSSR count). The molecule has 56 heavy (non-hydrogen) atoms. The topological polar surface area (TPSA) is 180 Å². The summed E-state index contributed by atoms with van der Waals surface area (Å²) in [5, 5.41) is 9.14. The molecular weight excluding hydrogens is 729 g/mol. The lowest BCUT2D eigenvalue weighted by molar-refractivity contribution is -0.137. The average Bonchev–Trinajstić information content (AvgIpc) is 3.50. The Morgan fingerprint density at radius 2 is 1.62 bits per heavy atom. The smallest absolute Gasteiger partial charge is 0.255 e. The van der Waals surface area contributed by atoms with E-state index in [4.69, 9.17) is 5.73 Å². The summed E-state index contributed by atoms with van der Waals surface area (Å²) in [7, 11) is 0. The summed E-state index contributed by atoms with van der Waals surface area (Å²) in [6.07, 6.45) is 15.1. The van der Waals surface area contributed by atoms with Crippen LogP contribution in [0.3, 0.4) is 0 Å². The SMILES string of the molecule is CC1(N)CCN(c2cnc(Sc3cccc(NC(=O)CCCCCCCCCCC(=O)NCc4ccc5c(c4)CN(C4CCC(=O)NC4=O)C5=O)c3)cn2)CC1. The number of unbranched alkanes of at least 4 members (excludes halogenated alkanes) is 7. The van der Waals surface area contributed by atoms with E-state index in [1.165, 1.54) is 16.7 Å². The van der Waals surface area contributed by atoms with Gasteiger partial charge in [0.15, 0.2) is 0 Å². The quantitative estimate of drug-likeness (QED) is 0.0902. The highest BCUT2D eigenvalue weighted by Gasteiger charge is 2.39. The van der Waals surface area contributed by atoms with Crippen molar-refractivity contribution in [3.8, 4) is 0 Å². The van der Waals surface area contributed by atoms with Crippen LogP contribution in [0.25, 0.3) is 0 Å². The molecule has 2 saturated heterocycles. The Labute approximate surface area is 333 Å². The Kier molecular flexibility index (Phi) is 14.1. The van der Waals surface area contributed by atoms with Gasteiger partial charge >= 0.3 is 0 Å². The fourth-order valence-corrected chi connectivity index (χ4v) is 8.20. The standard InChI is InChI=1S/C42H54N8O5S/c1-42(43)19-21-49(22-20-42)35-26-46-39(27-44-35)56-32-12-10-11-31(24-32)47-37(52)14-9-7-5-3-2-4-6-8-13-36(51)45-25-29-15-16-33-30(23-29)28-50(41(33)55)34-17-18-38(53)48-40(34)54/h10-12,15-16,23-24,26-27,34H,2-9,13-14,17-22,25,28,43H2,1H3,(H,45,51)(H,47,52)(H,48,53,54). The molecule has 2 fully saturated rings. The van der Waals surface area contributed by atoms with Gasteiger partial charge in [0.25, 0.3) is 5.91 Å². The zero-order chi connectivity index (χ0) is 39.5. The Morgan fingerprint density at radius 3 is 2.32 bits per heavy atom. The van der Waals surface area contributed by atoms with Gasteiger partial charge in [-0.05, 0) is 74.4 Å². The van der Waals surface area contributed by atoms with Crippen LogP contribution in [0.1, 0.15) is 118 Å². The van der Waals surface area contributed by atoms with Gasteiger partial charge in [-0.15, -0.1) is 0 Å². The second kappa shape index (κ2) is 19.4. The van der Waals surface area contributed by atoms with E-state index in [-0.39, 0.29) is 35.6 Å². The Bertz CT molecular complexity index is 1880. The molecule has 1 unspecified atom stereocenters. The van der Waals surface area contributed by atoms with E-state index >= 15 is 0 Å². The van der Waals surface area contributed by atoms with E-state index in [1.807, 2.05) is 42.6 Å². The molecular formula is C42H54N8O5S. The first-order chi connectivity index (χ1) is 27.0. The third kappa shape index (κ3) is 11.6. The van der Waals surface area contributed by atoms with Crippen LogP contribution in [0.2, 0.25) is 0 Å². The molecule has 4 heterocycles. The van der Waals surface area contributed by atoms with Gasteiger partial charge in [0.2, 0.25) is 23.6 Å². The van der Waals surface area contributed by atoms with Crippen LogP contribution in [-0.2, 0) is 32.3 Å². The highest BCUT2D eigenvalue weighted by Crippen LogP contribution is 2.30. The molecule has 5 N–H and O–H groups in total. The number of hydrogen-bond acceptors (Lipinski definition) is 10. The molecule has 0 saturated carbocycles. The Hall–Kier alpha value is -4.82. The molecule has 0 bridgehead atoms. The molecule has 0 radical (unpaired) electrons. The number of rotatable bonds is 18. The van der Waals surface area contributed by atoms with Gasteiger partial charge in [-0.3, -0.25) is 29.3 Å². The second-order valence-electron chi connectivity index (χ2n) is 15.5. The van der Waals surface area contributed by atoms with E-state index in [9.17, 15) is 24.0 Å². The molecule has 13 nitrogen and oxygen atoms in total. The molecule has 0 aliphatic carbocycles. The number of amides is 5. The molecule has 298 valence electrons. The minimum absolute atomic E-state index is 0.00356. The van der Waals surface area contributed by atoms with Crippen molar-refractivity contribution >= 4 is 52.8 Å². The van der Waals surface area contributed by atoms with E-state index in [0.29, 0.717) is 37.9 Å².